The van der Waals surface area contributed by atoms with E-state index in [0.29, 0.717) is 23.5 Å². The molecule has 0 aliphatic heterocycles. The summed E-state index contributed by atoms with van der Waals surface area (Å²) in [6.07, 6.45) is 0. The fraction of sp³-hybridized carbons (Fsp3) is 0.0435. The van der Waals surface area contributed by atoms with Crippen molar-refractivity contribution in [2.45, 2.75) is 6.61 Å². The van der Waals surface area contributed by atoms with Crippen LogP contribution >= 0.6 is 11.3 Å². The van der Waals surface area contributed by atoms with Gasteiger partial charge < -0.3 is 4.74 Å². The first-order valence-electron chi connectivity index (χ1n) is 8.62. The highest BCUT2D eigenvalue weighted by Gasteiger charge is 2.09. The zero-order valence-corrected chi connectivity index (χ0v) is 15.4. The van der Waals surface area contributed by atoms with Gasteiger partial charge in [0.1, 0.15) is 17.4 Å². The third-order valence-corrected chi connectivity index (χ3v) is 5.05. The summed E-state index contributed by atoms with van der Waals surface area (Å²) in [5.74, 6) is 0.725. The minimum absolute atomic E-state index is 0.00848. The first kappa shape index (κ1) is 17.2. The predicted octanol–water partition coefficient (Wildman–Crippen LogP) is 5.62. The first-order valence-corrected chi connectivity index (χ1v) is 9.50. The molecule has 0 unspecified atom stereocenters. The molecule has 1 aromatic heterocycles. The van der Waals surface area contributed by atoms with E-state index < -0.39 is 0 Å². The predicted molar refractivity (Wildman–Crippen MR) is 108 cm³/mol. The summed E-state index contributed by atoms with van der Waals surface area (Å²) in [7, 11) is 0. The normalized spacial score (nSPS) is 10.5. The van der Waals surface area contributed by atoms with Crippen LogP contribution in [0.3, 0.4) is 0 Å². The Labute approximate surface area is 161 Å². The fourth-order valence-electron chi connectivity index (χ4n) is 2.70. The van der Waals surface area contributed by atoms with Crippen molar-refractivity contribution in [1.29, 1.82) is 0 Å². The molecule has 1 heterocycles. The number of hydrogen-bond acceptors (Lipinski definition) is 4. The molecule has 4 heteroatoms. The summed E-state index contributed by atoms with van der Waals surface area (Å²) in [4.78, 5) is 17.0. The summed E-state index contributed by atoms with van der Waals surface area (Å²) < 4.78 is 5.81. The number of benzene rings is 3. The molecule has 0 N–H and O–H groups in total. The molecule has 0 aliphatic rings. The van der Waals surface area contributed by atoms with E-state index in [-0.39, 0.29) is 5.78 Å². The molecular weight excluding hydrogens is 354 g/mol. The Morgan fingerprint density at radius 1 is 0.815 bits per heavy atom. The zero-order chi connectivity index (χ0) is 18.5. The maximum atomic E-state index is 12.4. The number of hydrogen-bond donors (Lipinski definition) is 0. The van der Waals surface area contributed by atoms with E-state index in [1.165, 1.54) is 0 Å². The van der Waals surface area contributed by atoms with E-state index in [1.807, 2.05) is 78.2 Å². The van der Waals surface area contributed by atoms with Crippen LogP contribution in [0.2, 0.25) is 0 Å². The van der Waals surface area contributed by atoms with E-state index in [4.69, 9.17) is 4.74 Å². The van der Waals surface area contributed by atoms with Gasteiger partial charge in [-0.25, -0.2) is 4.98 Å². The van der Waals surface area contributed by atoms with Crippen molar-refractivity contribution in [1.82, 2.24) is 4.98 Å². The Hall–Kier alpha value is -3.24. The van der Waals surface area contributed by atoms with Crippen LogP contribution in [0.15, 0.2) is 90.3 Å². The molecule has 0 fully saturated rings. The largest absolute Gasteiger partial charge is 0.487 e. The molecule has 0 atom stereocenters. The highest BCUT2D eigenvalue weighted by Crippen LogP contribution is 2.24. The monoisotopic (exact) mass is 371 g/mol. The van der Waals surface area contributed by atoms with Gasteiger partial charge in [-0.15, -0.1) is 11.3 Å². The number of thiazole rings is 1. The number of aromatic nitrogens is 1. The minimum Gasteiger partial charge on any atom is -0.487 e. The Bertz CT molecular complexity index is 1020. The Balaban J connectivity index is 1.39. The second kappa shape index (κ2) is 7.98. The van der Waals surface area contributed by atoms with Crippen LogP contribution in [0.4, 0.5) is 0 Å². The number of carbonyl (C=O) groups is 1. The van der Waals surface area contributed by atoms with Crippen molar-refractivity contribution >= 4 is 17.1 Å². The summed E-state index contributed by atoms with van der Waals surface area (Å²) in [6.45, 7) is 0.398. The second-order valence-electron chi connectivity index (χ2n) is 6.02. The average Bonchev–Trinajstić information content (AvgIpc) is 3.22. The summed E-state index contributed by atoms with van der Waals surface area (Å²) in [5, 5.41) is 2.99. The molecule has 4 rings (SSSR count). The van der Waals surface area contributed by atoms with Crippen molar-refractivity contribution in [3.63, 3.8) is 0 Å². The molecule has 27 heavy (non-hydrogen) atoms. The third kappa shape index (κ3) is 4.13. The van der Waals surface area contributed by atoms with Crippen LogP contribution in [0.1, 0.15) is 21.6 Å². The van der Waals surface area contributed by atoms with Gasteiger partial charge in [-0.05, 0) is 24.3 Å². The Morgan fingerprint density at radius 3 is 2.15 bits per heavy atom. The number of ketones is 1. The van der Waals surface area contributed by atoms with Gasteiger partial charge in [-0.2, -0.15) is 0 Å². The van der Waals surface area contributed by atoms with Crippen LogP contribution in [-0.4, -0.2) is 10.8 Å². The zero-order valence-electron chi connectivity index (χ0n) is 14.5. The quantitative estimate of drug-likeness (QED) is 0.413. The lowest BCUT2D eigenvalue weighted by molar-refractivity contribution is 0.103. The SMILES string of the molecule is O=C(c1ccccc1)c1ccc(OCc2csc(-c3ccccc3)n2)cc1. The highest BCUT2D eigenvalue weighted by molar-refractivity contribution is 7.13. The third-order valence-electron chi connectivity index (χ3n) is 4.11. The van der Waals surface area contributed by atoms with Gasteiger partial charge in [0, 0.05) is 22.1 Å². The van der Waals surface area contributed by atoms with Gasteiger partial charge in [0.05, 0.1) is 5.69 Å². The molecule has 0 radical (unpaired) electrons. The van der Waals surface area contributed by atoms with Crippen molar-refractivity contribution in [2.24, 2.45) is 0 Å². The van der Waals surface area contributed by atoms with E-state index in [9.17, 15) is 4.79 Å². The molecule has 0 saturated heterocycles. The molecular formula is C23H17NO2S. The van der Waals surface area contributed by atoms with E-state index in [0.717, 1.165) is 16.3 Å². The molecule has 0 saturated carbocycles. The topological polar surface area (TPSA) is 39.2 Å². The van der Waals surface area contributed by atoms with Gasteiger partial charge in [-0.1, -0.05) is 60.7 Å². The second-order valence-corrected chi connectivity index (χ2v) is 6.88. The van der Waals surface area contributed by atoms with Crippen LogP contribution in [0.5, 0.6) is 5.75 Å². The maximum Gasteiger partial charge on any atom is 0.193 e. The molecule has 132 valence electrons. The van der Waals surface area contributed by atoms with Gasteiger partial charge in [0.25, 0.3) is 0 Å². The number of ether oxygens (including phenoxy) is 1. The highest BCUT2D eigenvalue weighted by atomic mass is 32.1. The van der Waals surface area contributed by atoms with Crippen LogP contribution in [-0.2, 0) is 6.61 Å². The molecule has 4 aromatic rings. The minimum atomic E-state index is 0.00848. The average molecular weight is 371 g/mol. The first-order chi connectivity index (χ1) is 13.3. The molecule has 0 spiro atoms. The van der Waals surface area contributed by atoms with Crippen LogP contribution in [0, 0.1) is 0 Å². The van der Waals surface area contributed by atoms with Crippen molar-refractivity contribution in [2.75, 3.05) is 0 Å². The van der Waals surface area contributed by atoms with Crippen molar-refractivity contribution in [3.8, 4) is 16.3 Å². The smallest absolute Gasteiger partial charge is 0.193 e. The maximum absolute atomic E-state index is 12.4. The number of carbonyl (C=O) groups excluding carboxylic acids is 1. The molecule has 0 aliphatic carbocycles. The lowest BCUT2D eigenvalue weighted by Crippen LogP contribution is -2.01. The molecule has 3 nitrogen and oxygen atoms in total. The molecule has 0 amide bonds. The van der Waals surface area contributed by atoms with Gasteiger partial charge >= 0.3 is 0 Å². The fourth-order valence-corrected chi connectivity index (χ4v) is 3.51. The summed E-state index contributed by atoms with van der Waals surface area (Å²) in [6, 6.07) is 26.6. The summed E-state index contributed by atoms with van der Waals surface area (Å²) >= 11 is 1.61. The molecule has 3 aromatic carbocycles. The van der Waals surface area contributed by atoms with Crippen LogP contribution in [0.25, 0.3) is 10.6 Å². The lowest BCUT2D eigenvalue weighted by Gasteiger charge is -2.06. The number of rotatable bonds is 6. The van der Waals surface area contributed by atoms with E-state index in [2.05, 4.69) is 4.98 Å². The summed E-state index contributed by atoms with van der Waals surface area (Å²) in [5.41, 5.74) is 3.33. The van der Waals surface area contributed by atoms with Crippen LogP contribution < -0.4 is 4.74 Å². The standard InChI is InChI=1S/C23H17NO2S/c25-22(17-7-3-1-4-8-17)18-11-13-21(14-12-18)26-15-20-16-27-23(24-20)19-9-5-2-6-10-19/h1-14,16H,15H2. The van der Waals surface area contributed by atoms with E-state index >= 15 is 0 Å². The van der Waals surface area contributed by atoms with Gasteiger partial charge in [0.2, 0.25) is 0 Å². The number of nitrogens with zero attached hydrogens (tertiary/aromatic N) is 1. The Kier molecular flexibility index (Phi) is 5.08. The van der Waals surface area contributed by atoms with Gasteiger partial charge in [-0.3, -0.25) is 4.79 Å². The molecule has 0 bridgehead atoms. The van der Waals surface area contributed by atoms with Crippen molar-refractivity contribution < 1.29 is 9.53 Å². The van der Waals surface area contributed by atoms with Gasteiger partial charge in [0.15, 0.2) is 5.78 Å². The Morgan fingerprint density at radius 2 is 1.44 bits per heavy atom. The van der Waals surface area contributed by atoms with E-state index in [1.54, 1.807) is 23.5 Å². The van der Waals surface area contributed by atoms with Crippen molar-refractivity contribution in [3.05, 3.63) is 107 Å². The lowest BCUT2D eigenvalue weighted by atomic mass is 10.0.